The van der Waals surface area contributed by atoms with Crippen LogP contribution in [0.25, 0.3) is 0 Å². The van der Waals surface area contributed by atoms with Crippen LogP contribution in [-0.4, -0.2) is 67.3 Å². The Balaban J connectivity index is 1.48. The molecule has 0 radical (unpaired) electrons. The lowest BCUT2D eigenvalue weighted by Crippen LogP contribution is -2.50. The van der Waals surface area contributed by atoms with E-state index in [0.29, 0.717) is 32.1 Å². The number of hydrogen-bond donors (Lipinski definition) is 1. The van der Waals surface area contributed by atoms with Crippen molar-refractivity contribution in [2.75, 3.05) is 44.2 Å². The molecular weight excluding hydrogens is 294 g/mol. The third kappa shape index (κ3) is 3.68. The third-order valence-corrected chi connectivity index (χ3v) is 7.45. The number of thioether (sulfide) groups is 1. The Morgan fingerprint density at radius 1 is 0.950 bits per heavy atom. The van der Waals surface area contributed by atoms with Crippen molar-refractivity contribution in [2.45, 2.75) is 31.7 Å². The van der Waals surface area contributed by atoms with E-state index in [1.54, 1.807) is 8.61 Å². The summed E-state index contributed by atoms with van der Waals surface area (Å²) in [6.45, 7) is 3.82. The van der Waals surface area contributed by atoms with Gasteiger partial charge in [0.25, 0.3) is 10.2 Å². The Labute approximate surface area is 126 Å². The minimum absolute atomic E-state index is 0.652. The van der Waals surface area contributed by atoms with Gasteiger partial charge in [0.2, 0.25) is 0 Å². The van der Waals surface area contributed by atoms with E-state index < -0.39 is 10.2 Å². The first-order chi connectivity index (χ1) is 9.66. The highest BCUT2D eigenvalue weighted by atomic mass is 32.2. The van der Waals surface area contributed by atoms with Crippen molar-refractivity contribution in [1.82, 2.24) is 13.9 Å². The monoisotopic (exact) mass is 319 g/mol. The van der Waals surface area contributed by atoms with Gasteiger partial charge in [0.05, 0.1) is 0 Å². The molecule has 0 atom stereocenters. The van der Waals surface area contributed by atoms with Crippen LogP contribution in [0, 0.1) is 5.92 Å². The van der Waals surface area contributed by atoms with Gasteiger partial charge in [-0.3, -0.25) is 0 Å². The highest BCUT2D eigenvalue weighted by molar-refractivity contribution is 7.99. The molecule has 1 N–H and O–H groups in total. The van der Waals surface area contributed by atoms with Crippen LogP contribution in [0.5, 0.6) is 0 Å². The molecule has 2 aliphatic heterocycles. The lowest BCUT2D eigenvalue weighted by molar-refractivity contribution is 0.251. The molecule has 0 aromatic carbocycles. The first-order valence-corrected chi connectivity index (χ1v) is 10.3. The van der Waals surface area contributed by atoms with Gasteiger partial charge in [-0.15, -0.1) is 0 Å². The van der Waals surface area contributed by atoms with E-state index >= 15 is 0 Å². The highest BCUT2D eigenvalue weighted by Crippen LogP contribution is 2.24. The Kier molecular flexibility index (Phi) is 4.92. The molecule has 0 unspecified atom stereocenters. The quantitative estimate of drug-likeness (QED) is 0.812. The smallest absolute Gasteiger partial charge is 0.282 e. The zero-order chi connectivity index (χ0) is 14.0. The van der Waals surface area contributed by atoms with Crippen LogP contribution in [0.3, 0.4) is 0 Å². The van der Waals surface area contributed by atoms with Gasteiger partial charge in [0.1, 0.15) is 0 Å². The summed E-state index contributed by atoms with van der Waals surface area (Å²) < 4.78 is 28.5. The number of rotatable bonds is 5. The standard InChI is InChI=1S/C13H25N3O2S2/c17-20(18,16-7-9-19-10-8-16)15-5-3-12(4-6-15)11-14-13-1-2-13/h12-14H,1-11H2. The maximum atomic E-state index is 12.6. The Morgan fingerprint density at radius 2 is 1.55 bits per heavy atom. The van der Waals surface area contributed by atoms with Gasteiger partial charge >= 0.3 is 0 Å². The van der Waals surface area contributed by atoms with Crippen molar-refractivity contribution < 1.29 is 8.42 Å². The second-order valence-corrected chi connectivity index (χ2v) is 9.20. The predicted molar refractivity (Wildman–Crippen MR) is 83.1 cm³/mol. The molecule has 1 saturated carbocycles. The average Bonchev–Trinajstić information content (AvgIpc) is 3.31. The molecule has 116 valence electrons. The molecule has 0 amide bonds. The van der Waals surface area contributed by atoms with Crippen LogP contribution in [0.15, 0.2) is 0 Å². The van der Waals surface area contributed by atoms with Crippen LogP contribution >= 0.6 is 11.8 Å². The van der Waals surface area contributed by atoms with E-state index in [-0.39, 0.29) is 0 Å². The van der Waals surface area contributed by atoms with Crippen molar-refractivity contribution in [3.05, 3.63) is 0 Å². The molecule has 2 saturated heterocycles. The molecule has 0 aromatic rings. The fraction of sp³-hybridized carbons (Fsp3) is 1.00. The van der Waals surface area contributed by atoms with E-state index in [9.17, 15) is 8.42 Å². The lowest BCUT2D eigenvalue weighted by Gasteiger charge is -2.36. The van der Waals surface area contributed by atoms with Crippen LogP contribution in [0.1, 0.15) is 25.7 Å². The molecule has 3 rings (SSSR count). The van der Waals surface area contributed by atoms with Gasteiger partial charge in [-0.05, 0) is 38.1 Å². The first kappa shape index (κ1) is 15.1. The predicted octanol–water partition coefficient (Wildman–Crippen LogP) is 0.744. The van der Waals surface area contributed by atoms with Crippen molar-refractivity contribution in [2.24, 2.45) is 5.92 Å². The largest absolute Gasteiger partial charge is 0.314 e. The van der Waals surface area contributed by atoms with Gasteiger partial charge in [-0.2, -0.15) is 28.8 Å². The summed E-state index contributed by atoms with van der Waals surface area (Å²) in [5.74, 6) is 2.51. The molecule has 5 nitrogen and oxygen atoms in total. The molecule has 3 fully saturated rings. The first-order valence-electron chi connectivity index (χ1n) is 7.72. The zero-order valence-electron chi connectivity index (χ0n) is 12.0. The van der Waals surface area contributed by atoms with Crippen molar-refractivity contribution in [3.8, 4) is 0 Å². The minimum Gasteiger partial charge on any atom is -0.314 e. The van der Waals surface area contributed by atoms with E-state index in [1.165, 1.54) is 12.8 Å². The molecule has 1 aliphatic carbocycles. The van der Waals surface area contributed by atoms with Crippen LogP contribution in [0.2, 0.25) is 0 Å². The maximum Gasteiger partial charge on any atom is 0.282 e. The number of piperidine rings is 1. The van der Waals surface area contributed by atoms with E-state index in [4.69, 9.17) is 0 Å². The average molecular weight is 319 g/mol. The van der Waals surface area contributed by atoms with Crippen molar-refractivity contribution >= 4 is 22.0 Å². The summed E-state index contributed by atoms with van der Waals surface area (Å²) in [5, 5.41) is 3.56. The van der Waals surface area contributed by atoms with E-state index in [0.717, 1.165) is 36.9 Å². The zero-order valence-corrected chi connectivity index (χ0v) is 13.6. The number of hydrogen-bond acceptors (Lipinski definition) is 4. The molecule has 0 bridgehead atoms. The number of nitrogens with one attached hydrogen (secondary N) is 1. The second-order valence-electron chi connectivity index (χ2n) is 6.04. The van der Waals surface area contributed by atoms with Gasteiger partial charge < -0.3 is 5.32 Å². The van der Waals surface area contributed by atoms with Crippen LogP contribution < -0.4 is 5.32 Å². The molecular formula is C13H25N3O2S2. The van der Waals surface area contributed by atoms with E-state index in [1.807, 2.05) is 11.8 Å². The summed E-state index contributed by atoms with van der Waals surface area (Å²) in [4.78, 5) is 0. The summed E-state index contributed by atoms with van der Waals surface area (Å²) in [6.07, 6.45) is 4.64. The van der Waals surface area contributed by atoms with Crippen LogP contribution in [-0.2, 0) is 10.2 Å². The fourth-order valence-corrected chi connectivity index (χ4v) is 5.68. The van der Waals surface area contributed by atoms with Crippen molar-refractivity contribution in [1.29, 1.82) is 0 Å². The SMILES string of the molecule is O=S(=O)(N1CCSCC1)N1CCC(CNC2CC2)CC1. The topological polar surface area (TPSA) is 52.7 Å². The molecule has 7 heteroatoms. The summed E-state index contributed by atoms with van der Waals surface area (Å²) in [6, 6.07) is 0.752. The molecule has 0 spiro atoms. The van der Waals surface area contributed by atoms with Crippen LogP contribution in [0.4, 0.5) is 0 Å². The Bertz CT molecular complexity index is 411. The Morgan fingerprint density at radius 3 is 2.15 bits per heavy atom. The third-order valence-electron chi connectivity index (χ3n) is 4.47. The van der Waals surface area contributed by atoms with E-state index in [2.05, 4.69) is 5.32 Å². The lowest BCUT2D eigenvalue weighted by atomic mass is 9.98. The number of nitrogens with zero attached hydrogens (tertiary/aromatic N) is 2. The Hall–Kier alpha value is 0.180. The van der Waals surface area contributed by atoms with Gasteiger partial charge in [0, 0.05) is 43.7 Å². The normalized spacial score (nSPS) is 27.8. The fourth-order valence-electron chi connectivity index (χ4n) is 2.91. The summed E-state index contributed by atoms with van der Waals surface area (Å²) >= 11 is 1.84. The van der Waals surface area contributed by atoms with Gasteiger partial charge in [-0.25, -0.2) is 0 Å². The van der Waals surface area contributed by atoms with Gasteiger partial charge in [0.15, 0.2) is 0 Å². The second kappa shape index (κ2) is 6.52. The highest BCUT2D eigenvalue weighted by Gasteiger charge is 2.33. The molecule has 3 aliphatic rings. The molecule has 20 heavy (non-hydrogen) atoms. The summed E-state index contributed by atoms with van der Waals surface area (Å²) in [5.41, 5.74) is 0. The minimum atomic E-state index is -3.19. The molecule has 0 aromatic heterocycles. The summed E-state index contributed by atoms with van der Waals surface area (Å²) in [7, 11) is -3.19. The maximum absolute atomic E-state index is 12.6. The van der Waals surface area contributed by atoms with Crippen molar-refractivity contribution in [3.63, 3.8) is 0 Å². The van der Waals surface area contributed by atoms with Gasteiger partial charge in [-0.1, -0.05) is 0 Å². The molecule has 2 heterocycles.